The molecule has 0 radical (unpaired) electrons. The number of alkyl halides is 9. The first-order valence-corrected chi connectivity index (χ1v) is 42.7. The van der Waals surface area contributed by atoms with Gasteiger partial charge in [0, 0.05) is 112 Å². The van der Waals surface area contributed by atoms with E-state index in [2.05, 4.69) is 74.2 Å². The van der Waals surface area contributed by atoms with Crippen molar-refractivity contribution in [3.63, 3.8) is 0 Å². The van der Waals surface area contributed by atoms with Crippen LogP contribution in [0.3, 0.4) is 0 Å². The van der Waals surface area contributed by atoms with E-state index < -0.39 is 79.9 Å². The van der Waals surface area contributed by atoms with Gasteiger partial charge in [0.1, 0.15) is 36.6 Å². The Morgan fingerprint density at radius 1 is 0.481 bits per heavy atom. The molecule has 3 aliphatic rings. The Morgan fingerprint density at radius 2 is 0.817 bits per heavy atom. The molecule has 3 fully saturated rings. The van der Waals surface area contributed by atoms with Crippen LogP contribution in [0.4, 0.5) is 39.5 Å². The first-order chi connectivity index (χ1) is 48.4. The number of hydrogen-bond acceptors (Lipinski definition) is 15. The molecule has 3 N–H and O–H groups in total. The quantitative estimate of drug-likeness (QED) is 0.0179. The third kappa shape index (κ3) is 25.4. The van der Waals surface area contributed by atoms with Gasteiger partial charge in [0.05, 0.1) is 67.7 Å². The summed E-state index contributed by atoms with van der Waals surface area (Å²) in [5, 5.41) is 18.4. The minimum Gasteiger partial charge on any atom is -0.481 e. The number of imidazole rings is 3. The van der Waals surface area contributed by atoms with Gasteiger partial charge in [-0.15, -0.1) is 0 Å². The zero-order valence-corrected chi connectivity index (χ0v) is 63.8. The molecule has 3 saturated carbocycles. The molecule has 0 aromatic carbocycles. The van der Waals surface area contributed by atoms with E-state index in [-0.39, 0.29) is 86.2 Å². The number of nitrogens with zero attached hydrogens (tertiary/aromatic N) is 8. The Balaban J connectivity index is 0.000000220. The van der Waals surface area contributed by atoms with Crippen LogP contribution in [0.1, 0.15) is 171 Å². The molecule has 0 spiro atoms. The Hall–Kier alpha value is -6.91. The lowest BCUT2D eigenvalue weighted by atomic mass is 9.84. The molecule has 6 aromatic rings. The van der Waals surface area contributed by atoms with E-state index in [1.54, 1.807) is 72.1 Å². The van der Waals surface area contributed by atoms with Crippen LogP contribution < -0.4 is 0 Å². The lowest BCUT2D eigenvalue weighted by molar-refractivity contribution is -0.156. The second-order valence-electron chi connectivity index (χ2n) is 31.7. The molecular weight excluding hydrogens is 1410 g/mol. The Kier molecular flexibility index (Phi) is 28.9. The zero-order valence-electron chi connectivity index (χ0n) is 61.8. The topological polar surface area (TPSA) is 250 Å². The molecule has 104 heavy (non-hydrogen) atoms. The van der Waals surface area contributed by atoms with Gasteiger partial charge in [0.15, 0.2) is 11.4 Å². The molecular formula is C73H102F9N9O11Si2. The summed E-state index contributed by atoms with van der Waals surface area (Å²) >= 11 is 0. The van der Waals surface area contributed by atoms with Crippen LogP contribution in [-0.4, -0.2) is 147 Å². The molecule has 0 saturated heterocycles. The van der Waals surface area contributed by atoms with Crippen molar-refractivity contribution in [2.45, 2.75) is 238 Å². The lowest BCUT2D eigenvalue weighted by Gasteiger charge is -2.31. The van der Waals surface area contributed by atoms with E-state index in [1.807, 2.05) is 18.2 Å². The SMILES string of the molecule is CC(C)(COC1CCC(c2ccc(-c3nc(C(F)(F)F)cn3COCC[Si](C)(C)C)cn2)CC1)C(=O)O.CC(C)(COC1CCC(c2ccc(-c3ncc(C(F)(F)F)[nH]3)cn2)CC1)C(=O)O.COC(=O)C(C)(C)COC1CCC(c2ccc(-c3nc(C(F)(F)F)cn3COCC[Si](C)(C)C)cn2)CC1. The maximum Gasteiger partial charge on any atom is 0.434 e. The van der Waals surface area contributed by atoms with E-state index in [0.717, 1.165) is 125 Å². The number of nitrogens with one attached hydrogen (secondary N) is 1. The number of rotatable bonds is 28. The standard InChI is InChI=1S/C27H40F3N3O4Si.C26H38F3N3O4Si.C20H24F3N3O3/c1-26(2,25(34)35-3)17-37-21-10-7-19(8-11-21)22-12-9-20(15-31-22)24-32-23(27(28,29)30)16-33(24)18-36-13-14-38(4,5)6;1-25(2,24(33)34)16-36-20-9-6-18(7-10-20)21-11-8-19(14-30-21)23-31-22(26(27,28)29)15-32(23)17-35-12-13-37(3,4)5;1-19(2,18(27)28)11-29-14-6-3-12(4-7-14)15-8-5-13(9-24-15)17-25-10-16(26-17)20(21,22)23/h9,12,15-16,19,21H,7-8,10-11,13-14,17-18H2,1-6H3;8,11,14-15,18,20H,6-7,9-10,12-13,16-17H2,1-5H3,(H,33,34);5,8-10,12,14H,3-4,6-7,11H2,1-2H3,(H,25,26)(H,27,28). The number of carboxylic acids is 2. The fraction of sp³-hybridized carbons (Fsp3) is 0.630. The Bertz CT molecular complexity index is 3690. The summed E-state index contributed by atoms with van der Waals surface area (Å²) in [5.74, 6) is -0.845. The van der Waals surface area contributed by atoms with E-state index in [0.29, 0.717) is 36.5 Å². The van der Waals surface area contributed by atoms with Crippen molar-refractivity contribution in [3.05, 3.63) is 108 Å². The van der Waals surface area contributed by atoms with Gasteiger partial charge < -0.3 is 52.8 Å². The van der Waals surface area contributed by atoms with Crippen molar-refractivity contribution in [1.82, 2.24) is 44.0 Å². The number of carboxylic acid groups (broad SMARTS) is 2. The monoisotopic (exact) mass is 1510 g/mol. The normalized spacial score (nSPS) is 19.5. The van der Waals surface area contributed by atoms with Crippen LogP contribution in [0.5, 0.6) is 0 Å². The smallest absolute Gasteiger partial charge is 0.434 e. The molecule has 6 aromatic heterocycles. The third-order valence-electron chi connectivity index (χ3n) is 18.8. The van der Waals surface area contributed by atoms with Crippen molar-refractivity contribution in [1.29, 1.82) is 0 Å². The number of methoxy groups -OCH3 is 1. The predicted molar refractivity (Wildman–Crippen MR) is 377 cm³/mol. The third-order valence-corrected chi connectivity index (χ3v) is 22.2. The summed E-state index contributed by atoms with van der Waals surface area (Å²) in [6.45, 7) is 25.1. The molecule has 20 nitrogen and oxygen atoms in total. The maximum absolute atomic E-state index is 13.4. The van der Waals surface area contributed by atoms with Crippen molar-refractivity contribution in [2.75, 3.05) is 40.1 Å². The molecule has 0 atom stereocenters. The molecule has 576 valence electrons. The lowest BCUT2D eigenvalue weighted by Crippen LogP contribution is -2.33. The van der Waals surface area contributed by atoms with Gasteiger partial charge >= 0.3 is 36.4 Å². The number of aliphatic carboxylic acids is 2. The number of esters is 1. The van der Waals surface area contributed by atoms with Crippen LogP contribution in [0.15, 0.2) is 73.6 Å². The average molecular weight is 1510 g/mol. The number of carbonyl (C=O) groups is 3. The molecule has 31 heteroatoms. The number of carbonyl (C=O) groups excluding carboxylic acids is 1. The first kappa shape index (κ1) is 84.4. The van der Waals surface area contributed by atoms with Crippen LogP contribution in [0, 0.1) is 16.2 Å². The van der Waals surface area contributed by atoms with Crippen molar-refractivity contribution in [3.8, 4) is 34.2 Å². The Labute approximate surface area is 604 Å². The van der Waals surface area contributed by atoms with E-state index >= 15 is 0 Å². The van der Waals surface area contributed by atoms with Gasteiger partial charge in [-0.25, -0.2) is 15.0 Å². The van der Waals surface area contributed by atoms with Gasteiger partial charge in [-0.05, 0) is 167 Å². The van der Waals surface area contributed by atoms with Crippen molar-refractivity contribution >= 4 is 34.1 Å². The van der Waals surface area contributed by atoms with Crippen molar-refractivity contribution < 1.29 is 92.5 Å². The second kappa shape index (κ2) is 35.7. The fourth-order valence-corrected chi connectivity index (χ4v) is 13.3. The van der Waals surface area contributed by atoms with Crippen LogP contribution in [0.2, 0.25) is 51.4 Å². The highest BCUT2D eigenvalue weighted by atomic mass is 28.3. The van der Waals surface area contributed by atoms with Gasteiger partial charge in [0.2, 0.25) is 0 Å². The molecule has 0 aliphatic heterocycles. The summed E-state index contributed by atoms with van der Waals surface area (Å²) in [4.78, 5) is 61.7. The maximum atomic E-state index is 13.4. The average Bonchev–Trinajstić information content (AvgIpc) is 1.65. The van der Waals surface area contributed by atoms with Gasteiger partial charge in [0.25, 0.3) is 0 Å². The first-order valence-electron chi connectivity index (χ1n) is 35.3. The van der Waals surface area contributed by atoms with E-state index in [1.165, 1.54) is 22.4 Å². The molecule has 9 rings (SSSR count). The number of ether oxygens (including phenoxy) is 6. The Morgan fingerprint density at radius 3 is 1.10 bits per heavy atom. The molecule has 0 amide bonds. The summed E-state index contributed by atoms with van der Waals surface area (Å²) in [5.41, 5.74) is -1.13. The number of aromatic amines is 1. The molecule has 6 heterocycles. The van der Waals surface area contributed by atoms with Gasteiger partial charge in [-0.2, -0.15) is 39.5 Å². The van der Waals surface area contributed by atoms with E-state index in [4.69, 9.17) is 33.5 Å². The predicted octanol–water partition coefficient (Wildman–Crippen LogP) is 17.6. The van der Waals surface area contributed by atoms with Crippen LogP contribution >= 0.6 is 0 Å². The highest BCUT2D eigenvalue weighted by molar-refractivity contribution is 6.76. The summed E-state index contributed by atoms with van der Waals surface area (Å²) in [6, 6.07) is 12.7. The number of pyridine rings is 3. The number of hydrogen-bond donors (Lipinski definition) is 3. The van der Waals surface area contributed by atoms with E-state index in [9.17, 15) is 59.0 Å². The molecule has 0 bridgehead atoms. The summed E-state index contributed by atoms with van der Waals surface area (Å²) in [6.07, 6.45) is 4.17. The second-order valence-corrected chi connectivity index (χ2v) is 42.9. The summed E-state index contributed by atoms with van der Waals surface area (Å²) < 4.78 is 155. The summed E-state index contributed by atoms with van der Waals surface area (Å²) in [7, 11) is -1.25. The van der Waals surface area contributed by atoms with Crippen molar-refractivity contribution in [2.24, 2.45) is 16.2 Å². The number of aromatic nitrogens is 9. The zero-order chi connectivity index (χ0) is 76.8. The highest BCUT2D eigenvalue weighted by Gasteiger charge is 2.39. The molecule has 3 aliphatic carbocycles. The van der Waals surface area contributed by atoms with Crippen LogP contribution in [-0.2, 0) is 74.8 Å². The van der Waals surface area contributed by atoms with Gasteiger partial charge in [-0.3, -0.25) is 29.3 Å². The fourth-order valence-electron chi connectivity index (χ4n) is 11.8. The highest BCUT2D eigenvalue weighted by Crippen LogP contribution is 2.40. The number of halogens is 9. The largest absolute Gasteiger partial charge is 0.481 e. The minimum atomic E-state index is -4.55. The molecule has 0 unspecified atom stereocenters. The van der Waals surface area contributed by atoms with Gasteiger partial charge in [-0.1, -0.05) is 39.3 Å². The number of H-pyrrole nitrogens is 1. The van der Waals surface area contributed by atoms with Crippen LogP contribution in [0.25, 0.3) is 34.2 Å². The minimum absolute atomic E-state index is 0.00143.